The molecule has 0 unspecified atom stereocenters. The molecule has 5 heteroatoms. The summed E-state index contributed by atoms with van der Waals surface area (Å²) in [7, 11) is -3.10. The smallest absolute Gasteiger partial charge is 0.224 e. The Kier molecular flexibility index (Phi) is 9.04. The number of sulfonamides is 1. The molecule has 0 atom stereocenters. The lowest BCUT2D eigenvalue weighted by atomic mass is 10.3. The topological polar surface area (TPSA) is 58.2 Å². The average Bonchev–Trinajstić information content (AvgIpc) is 2.17. The van der Waals surface area contributed by atoms with E-state index in [1.54, 1.807) is 0 Å². The van der Waals surface area contributed by atoms with Crippen molar-refractivity contribution in [3.8, 4) is 0 Å². The number of hydrazine groups is 1. The van der Waals surface area contributed by atoms with Gasteiger partial charge in [0.05, 0.1) is 5.75 Å². The van der Waals surface area contributed by atoms with Gasteiger partial charge in [-0.15, -0.1) is 0 Å². The summed E-state index contributed by atoms with van der Waals surface area (Å²) in [4.78, 5) is 2.40. The molecule has 0 aromatic heterocycles. The van der Waals surface area contributed by atoms with Crippen LogP contribution in [0.3, 0.4) is 0 Å². The molecule has 0 aliphatic rings. The van der Waals surface area contributed by atoms with Gasteiger partial charge >= 0.3 is 0 Å². The minimum atomic E-state index is -3.10. The maximum absolute atomic E-state index is 11.4. The summed E-state index contributed by atoms with van der Waals surface area (Å²) in [6, 6.07) is 0. The fourth-order valence-electron chi connectivity index (χ4n) is 1.22. The standard InChI is InChI=1S/C10H24N2O2S/c1-3-5-7-9-11-12-15(13,14)10-8-6-4-2/h11-12H,3-10H2,1-2H3. The van der Waals surface area contributed by atoms with Crippen LogP contribution in [-0.4, -0.2) is 20.7 Å². The second-order valence-electron chi connectivity index (χ2n) is 3.76. The van der Waals surface area contributed by atoms with Crippen LogP contribution in [0.5, 0.6) is 0 Å². The summed E-state index contributed by atoms with van der Waals surface area (Å²) < 4.78 is 22.7. The first-order valence-corrected chi connectivity index (χ1v) is 7.50. The Morgan fingerprint density at radius 1 is 0.933 bits per heavy atom. The van der Waals surface area contributed by atoms with Gasteiger partial charge in [0.15, 0.2) is 0 Å². The molecule has 0 heterocycles. The fraction of sp³-hybridized carbons (Fsp3) is 1.00. The normalized spacial score (nSPS) is 11.9. The Balaban J connectivity index is 3.47. The molecule has 92 valence electrons. The van der Waals surface area contributed by atoms with Crippen molar-refractivity contribution in [2.75, 3.05) is 12.3 Å². The van der Waals surface area contributed by atoms with Crippen LogP contribution in [0.25, 0.3) is 0 Å². The van der Waals surface area contributed by atoms with Crippen LogP contribution in [0.1, 0.15) is 52.4 Å². The van der Waals surface area contributed by atoms with E-state index in [0.29, 0.717) is 6.54 Å². The minimum Gasteiger partial charge on any atom is -0.244 e. The predicted octanol–water partition coefficient (Wildman–Crippen LogP) is 1.79. The van der Waals surface area contributed by atoms with Gasteiger partial charge in [-0.05, 0) is 12.8 Å². The molecule has 4 nitrogen and oxygen atoms in total. The predicted molar refractivity (Wildman–Crippen MR) is 64.0 cm³/mol. The first-order valence-electron chi connectivity index (χ1n) is 5.84. The highest BCUT2D eigenvalue weighted by atomic mass is 32.2. The van der Waals surface area contributed by atoms with E-state index in [1.807, 2.05) is 0 Å². The lowest BCUT2D eigenvalue weighted by Gasteiger charge is -2.07. The van der Waals surface area contributed by atoms with E-state index in [1.165, 1.54) is 0 Å². The lowest BCUT2D eigenvalue weighted by molar-refractivity contribution is 0.540. The van der Waals surface area contributed by atoms with Crippen molar-refractivity contribution >= 4 is 10.0 Å². The van der Waals surface area contributed by atoms with E-state index in [2.05, 4.69) is 24.1 Å². The number of hydrogen-bond donors (Lipinski definition) is 2. The van der Waals surface area contributed by atoms with Gasteiger partial charge in [0.1, 0.15) is 0 Å². The highest BCUT2D eigenvalue weighted by molar-refractivity contribution is 7.89. The van der Waals surface area contributed by atoms with Crippen LogP contribution in [0, 0.1) is 0 Å². The Hall–Kier alpha value is -0.130. The largest absolute Gasteiger partial charge is 0.244 e. The molecule has 0 aliphatic heterocycles. The van der Waals surface area contributed by atoms with Crippen molar-refractivity contribution in [2.45, 2.75) is 52.4 Å². The van der Waals surface area contributed by atoms with Crippen molar-refractivity contribution in [1.82, 2.24) is 10.3 Å². The quantitative estimate of drug-likeness (QED) is 0.449. The van der Waals surface area contributed by atoms with Gasteiger partial charge in [-0.3, -0.25) is 0 Å². The summed E-state index contributed by atoms with van der Waals surface area (Å²) >= 11 is 0. The van der Waals surface area contributed by atoms with Gasteiger partial charge in [-0.1, -0.05) is 39.5 Å². The zero-order valence-corrected chi connectivity index (χ0v) is 10.7. The van der Waals surface area contributed by atoms with Crippen molar-refractivity contribution in [2.24, 2.45) is 0 Å². The van der Waals surface area contributed by atoms with E-state index in [-0.39, 0.29) is 5.75 Å². The van der Waals surface area contributed by atoms with Gasteiger partial charge in [-0.2, -0.15) is 4.83 Å². The van der Waals surface area contributed by atoms with Crippen LogP contribution in [0.2, 0.25) is 0 Å². The molecule has 0 spiro atoms. The number of rotatable bonds is 10. The van der Waals surface area contributed by atoms with Crippen LogP contribution in [0.4, 0.5) is 0 Å². The summed E-state index contributed by atoms with van der Waals surface area (Å²) in [5, 5.41) is 0. The third-order valence-corrected chi connectivity index (χ3v) is 3.43. The Labute approximate surface area is 93.9 Å². The Bertz CT molecular complexity index is 228. The maximum Gasteiger partial charge on any atom is 0.224 e. The van der Waals surface area contributed by atoms with E-state index in [0.717, 1.165) is 38.5 Å². The van der Waals surface area contributed by atoms with Crippen LogP contribution in [0.15, 0.2) is 0 Å². The fourth-order valence-corrected chi connectivity index (χ4v) is 2.23. The van der Waals surface area contributed by atoms with E-state index >= 15 is 0 Å². The third-order valence-electron chi connectivity index (χ3n) is 2.15. The number of unbranched alkanes of at least 4 members (excludes halogenated alkanes) is 4. The number of nitrogens with one attached hydrogen (secondary N) is 2. The minimum absolute atomic E-state index is 0.224. The van der Waals surface area contributed by atoms with Crippen molar-refractivity contribution < 1.29 is 8.42 Å². The molecule has 0 fully saturated rings. The highest BCUT2D eigenvalue weighted by Gasteiger charge is 2.07. The molecule has 0 saturated carbocycles. The van der Waals surface area contributed by atoms with E-state index < -0.39 is 10.0 Å². The molecule has 0 bridgehead atoms. The highest BCUT2D eigenvalue weighted by Crippen LogP contribution is 1.97. The summed E-state index contributed by atoms with van der Waals surface area (Å²) in [5.74, 6) is 0.224. The van der Waals surface area contributed by atoms with Crippen LogP contribution in [-0.2, 0) is 10.0 Å². The zero-order valence-electron chi connectivity index (χ0n) is 9.88. The second-order valence-corrected chi connectivity index (χ2v) is 5.60. The zero-order chi connectivity index (χ0) is 11.6. The van der Waals surface area contributed by atoms with Crippen molar-refractivity contribution in [3.05, 3.63) is 0 Å². The monoisotopic (exact) mass is 236 g/mol. The summed E-state index contributed by atoms with van der Waals surface area (Å²) in [5.41, 5.74) is 2.75. The van der Waals surface area contributed by atoms with Gasteiger partial charge in [0.2, 0.25) is 10.0 Å². The number of hydrogen-bond acceptors (Lipinski definition) is 3. The van der Waals surface area contributed by atoms with E-state index in [9.17, 15) is 8.42 Å². The molecule has 0 aromatic carbocycles. The molecule has 0 rings (SSSR count). The molecular weight excluding hydrogens is 212 g/mol. The van der Waals surface area contributed by atoms with Gasteiger partial charge in [0, 0.05) is 6.54 Å². The lowest BCUT2D eigenvalue weighted by Crippen LogP contribution is -2.39. The molecule has 2 N–H and O–H groups in total. The second kappa shape index (κ2) is 9.12. The first kappa shape index (κ1) is 14.9. The third kappa shape index (κ3) is 10.2. The molecule has 15 heavy (non-hydrogen) atoms. The summed E-state index contributed by atoms with van der Waals surface area (Å²) in [6.07, 6.45) is 6.03. The van der Waals surface area contributed by atoms with Crippen LogP contribution >= 0.6 is 0 Å². The van der Waals surface area contributed by atoms with Gasteiger partial charge in [-0.25, -0.2) is 13.8 Å². The molecule has 0 radical (unpaired) electrons. The molecule has 0 saturated heterocycles. The maximum atomic E-state index is 11.4. The molecule has 0 amide bonds. The summed E-state index contributed by atoms with van der Waals surface area (Å²) in [6.45, 7) is 4.89. The molecular formula is C10H24N2O2S. The molecule has 0 aliphatic carbocycles. The van der Waals surface area contributed by atoms with Crippen molar-refractivity contribution in [3.63, 3.8) is 0 Å². The first-order chi connectivity index (χ1) is 7.12. The Morgan fingerprint density at radius 2 is 1.53 bits per heavy atom. The van der Waals surface area contributed by atoms with Gasteiger partial charge in [0.25, 0.3) is 0 Å². The average molecular weight is 236 g/mol. The Morgan fingerprint density at radius 3 is 2.13 bits per heavy atom. The van der Waals surface area contributed by atoms with E-state index in [4.69, 9.17) is 0 Å². The molecule has 0 aromatic rings. The van der Waals surface area contributed by atoms with Crippen molar-refractivity contribution in [1.29, 1.82) is 0 Å². The van der Waals surface area contributed by atoms with Crippen LogP contribution < -0.4 is 10.3 Å². The SMILES string of the molecule is CCCCCNNS(=O)(=O)CCCCC. The van der Waals surface area contributed by atoms with Gasteiger partial charge < -0.3 is 0 Å².